The van der Waals surface area contributed by atoms with E-state index in [-0.39, 0.29) is 30.0 Å². The fourth-order valence-electron chi connectivity index (χ4n) is 2.32. The minimum atomic E-state index is -0.511. The molecule has 0 aromatic carbocycles. The largest absolute Gasteiger partial charge is 0.444 e. The summed E-state index contributed by atoms with van der Waals surface area (Å²) in [5.41, 5.74) is -0.511. The first-order chi connectivity index (χ1) is 12.7. The highest BCUT2D eigenvalue weighted by Crippen LogP contribution is 2.07. The van der Waals surface area contributed by atoms with E-state index in [0.717, 1.165) is 31.6 Å². The summed E-state index contributed by atoms with van der Waals surface area (Å²) in [6, 6.07) is 0.0507. The maximum atomic E-state index is 11.9. The van der Waals surface area contributed by atoms with Crippen molar-refractivity contribution in [2.24, 2.45) is 12.0 Å². The van der Waals surface area contributed by atoms with Crippen LogP contribution in [0.3, 0.4) is 0 Å². The van der Waals surface area contributed by atoms with Gasteiger partial charge in [-0.1, -0.05) is 19.8 Å². The molecule has 28 heavy (non-hydrogen) atoms. The van der Waals surface area contributed by atoms with Crippen molar-refractivity contribution in [3.63, 3.8) is 0 Å². The van der Waals surface area contributed by atoms with Gasteiger partial charge in [0.05, 0.1) is 0 Å². The molecule has 0 saturated heterocycles. The van der Waals surface area contributed by atoms with Crippen LogP contribution in [0.2, 0.25) is 0 Å². The van der Waals surface area contributed by atoms with Gasteiger partial charge in [-0.05, 0) is 34.1 Å². The smallest absolute Gasteiger partial charge is 0.407 e. The van der Waals surface area contributed by atoms with Crippen LogP contribution in [0.4, 0.5) is 4.79 Å². The van der Waals surface area contributed by atoms with Gasteiger partial charge in [0.25, 0.3) is 0 Å². The number of amides is 1. The van der Waals surface area contributed by atoms with Crippen molar-refractivity contribution in [3.05, 3.63) is 12.2 Å². The Morgan fingerprint density at radius 2 is 2.04 bits per heavy atom. The third kappa shape index (κ3) is 11.3. The summed E-state index contributed by atoms with van der Waals surface area (Å²) >= 11 is 0. The lowest BCUT2D eigenvalue weighted by Crippen LogP contribution is -2.49. The van der Waals surface area contributed by atoms with Crippen molar-refractivity contribution in [1.82, 2.24) is 30.7 Å². The summed E-state index contributed by atoms with van der Waals surface area (Å²) in [6.07, 6.45) is 4.15. The fraction of sp³-hybridized carbons (Fsp3) is 0.778. The number of hydrogen-bond donors (Lipinski definition) is 3. The number of aliphatic imine (C=N–C) groups is 1. The van der Waals surface area contributed by atoms with Crippen LogP contribution in [0.1, 0.15) is 59.7 Å². The number of alkyl carbamates (subject to hydrolysis) is 1. The predicted octanol–water partition coefficient (Wildman–Crippen LogP) is 2.57. The molecule has 10 heteroatoms. The lowest BCUT2D eigenvalue weighted by molar-refractivity contribution is 0.0523. The Hall–Kier alpha value is -1.59. The Bertz CT molecular complexity index is 599. The Morgan fingerprint density at radius 3 is 2.57 bits per heavy atom. The molecular weight excluding hydrogens is 473 g/mol. The summed E-state index contributed by atoms with van der Waals surface area (Å²) in [6.45, 7) is 11.3. The molecule has 0 radical (unpaired) electrons. The number of carbonyl (C=O) groups is 1. The predicted molar refractivity (Wildman–Crippen MR) is 122 cm³/mol. The van der Waals surface area contributed by atoms with E-state index in [1.807, 2.05) is 34.7 Å². The van der Waals surface area contributed by atoms with Crippen molar-refractivity contribution < 1.29 is 9.53 Å². The monoisotopic (exact) mass is 509 g/mol. The molecule has 1 rings (SSSR count). The second-order valence-electron chi connectivity index (χ2n) is 7.36. The van der Waals surface area contributed by atoms with Gasteiger partial charge in [0.15, 0.2) is 5.96 Å². The minimum Gasteiger partial charge on any atom is -0.444 e. The maximum absolute atomic E-state index is 11.9. The molecule has 9 nitrogen and oxygen atoms in total. The van der Waals surface area contributed by atoms with E-state index in [1.165, 1.54) is 6.33 Å². The van der Waals surface area contributed by atoms with Crippen LogP contribution in [0.5, 0.6) is 0 Å². The van der Waals surface area contributed by atoms with Gasteiger partial charge in [0.2, 0.25) is 0 Å². The van der Waals surface area contributed by atoms with E-state index in [0.29, 0.717) is 19.0 Å². The number of aryl methyl sites for hydroxylation is 1. The number of rotatable bonds is 9. The van der Waals surface area contributed by atoms with Crippen molar-refractivity contribution in [3.8, 4) is 0 Å². The summed E-state index contributed by atoms with van der Waals surface area (Å²) in [5, 5.41) is 13.5. The average molecular weight is 509 g/mol. The van der Waals surface area contributed by atoms with Gasteiger partial charge >= 0.3 is 6.09 Å². The molecule has 0 bridgehead atoms. The Balaban J connectivity index is 0.00000729. The number of aromatic nitrogens is 3. The van der Waals surface area contributed by atoms with E-state index in [9.17, 15) is 4.79 Å². The van der Waals surface area contributed by atoms with Crippen molar-refractivity contribution in [2.75, 3.05) is 13.1 Å². The number of hydrogen-bond acceptors (Lipinski definition) is 5. The highest BCUT2D eigenvalue weighted by atomic mass is 127. The second kappa shape index (κ2) is 13.6. The highest BCUT2D eigenvalue weighted by Gasteiger charge is 2.18. The first kappa shape index (κ1) is 26.4. The molecule has 3 N–H and O–H groups in total. The number of halogens is 1. The molecule has 0 spiro atoms. The van der Waals surface area contributed by atoms with E-state index in [4.69, 9.17) is 4.74 Å². The van der Waals surface area contributed by atoms with Gasteiger partial charge < -0.3 is 20.7 Å². The summed E-state index contributed by atoms with van der Waals surface area (Å²) < 4.78 is 7.01. The van der Waals surface area contributed by atoms with Crippen LogP contribution in [-0.4, -0.2) is 51.5 Å². The summed E-state index contributed by atoms with van der Waals surface area (Å²) in [5.74, 6) is 1.47. The van der Waals surface area contributed by atoms with Crippen LogP contribution in [0, 0.1) is 0 Å². The van der Waals surface area contributed by atoms with Crippen LogP contribution >= 0.6 is 24.0 Å². The Labute approximate surface area is 185 Å². The van der Waals surface area contributed by atoms with E-state index in [1.54, 1.807) is 4.68 Å². The second-order valence-corrected chi connectivity index (χ2v) is 7.36. The molecule has 0 fully saturated rings. The summed E-state index contributed by atoms with van der Waals surface area (Å²) in [4.78, 5) is 20.7. The Morgan fingerprint density at radius 1 is 1.32 bits per heavy atom. The van der Waals surface area contributed by atoms with Crippen LogP contribution in [-0.2, 0) is 18.3 Å². The van der Waals surface area contributed by atoms with Gasteiger partial charge in [0, 0.05) is 26.2 Å². The molecule has 1 amide bonds. The molecule has 0 aliphatic heterocycles. The number of ether oxygens (including phenoxy) is 1. The van der Waals surface area contributed by atoms with Gasteiger partial charge in [-0.2, -0.15) is 5.10 Å². The number of nitrogens with one attached hydrogen (secondary N) is 3. The van der Waals surface area contributed by atoms with E-state index < -0.39 is 11.7 Å². The lowest BCUT2D eigenvalue weighted by atomic mass is 10.1. The number of nitrogens with zero attached hydrogens (tertiary/aromatic N) is 4. The van der Waals surface area contributed by atoms with Crippen LogP contribution in [0.25, 0.3) is 0 Å². The summed E-state index contributed by atoms with van der Waals surface area (Å²) in [7, 11) is 1.84. The normalized spacial score (nSPS) is 12.7. The quantitative estimate of drug-likeness (QED) is 0.269. The zero-order chi connectivity index (χ0) is 20.3. The van der Waals surface area contributed by atoms with Crippen LogP contribution < -0.4 is 16.0 Å². The zero-order valence-corrected chi connectivity index (χ0v) is 20.2. The first-order valence-electron chi connectivity index (χ1n) is 9.59. The zero-order valence-electron chi connectivity index (χ0n) is 17.9. The Kier molecular flexibility index (Phi) is 12.8. The van der Waals surface area contributed by atoms with Crippen LogP contribution in [0.15, 0.2) is 11.3 Å². The fourth-order valence-corrected chi connectivity index (χ4v) is 2.32. The standard InChI is InChI=1S/C18H35N7O2.HI/c1-7-9-10-14(11-21-17(26)27-18(3,4)5)24-16(19-8-2)20-12-15-22-13-23-25(15)6;/h13-14H,7-12H2,1-6H3,(H,21,26)(H2,19,20,24);1H. The number of unbranched alkanes of at least 4 members (excludes halogenated alkanes) is 1. The maximum Gasteiger partial charge on any atom is 0.407 e. The van der Waals surface area contributed by atoms with Gasteiger partial charge in [-0.25, -0.2) is 14.8 Å². The van der Waals surface area contributed by atoms with Crippen molar-refractivity contribution in [2.45, 2.75) is 72.1 Å². The highest BCUT2D eigenvalue weighted by molar-refractivity contribution is 14.0. The molecule has 1 heterocycles. The van der Waals surface area contributed by atoms with Crippen molar-refractivity contribution in [1.29, 1.82) is 0 Å². The van der Waals surface area contributed by atoms with E-state index >= 15 is 0 Å². The molecule has 1 atom stereocenters. The molecule has 1 unspecified atom stereocenters. The third-order valence-corrected chi connectivity index (χ3v) is 3.67. The molecule has 0 aliphatic rings. The minimum absolute atomic E-state index is 0. The molecule has 162 valence electrons. The van der Waals surface area contributed by atoms with Gasteiger partial charge in [-0.3, -0.25) is 4.68 Å². The van der Waals surface area contributed by atoms with Gasteiger partial charge in [0.1, 0.15) is 24.3 Å². The van der Waals surface area contributed by atoms with E-state index in [2.05, 4.69) is 37.9 Å². The topological polar surface area (TPSA) is 105 Å². The third-order valence-electron chi connectivity index (χ3n) is 3.67. The molecule has 1 aromatic heterocycles. The van der Waals surface area contributed by atoms with Gasteiger partial charge in [-0.15, -0.1) is 24.0 Å². The molecule has 0 saturated carbocycles. The number of guanidine groups is 1. The molecule has 1 aromatic rings. The van der Waals surface area contributed by atoms with Crippen molar-refractivity contribution >= 4 is 36.0 Å². The lowest BCUT2D eigenvalue weighted by Gasteiger charge is -2.24. The number of carbonyl (C=O) groups excluding carboxylic acids is 1. The first-order valence-corrected chi connectivity index (χ1v) is 9.59. The molecule has 0 aliphatic carbocycles. The average Bonchev–Trinajstić information content (AvgIpc) is 2.98. The molecular formula is C18H36IN7O2. The SMILES string of the molecule is CCCCC(CNC(=O)OC(C)(C)C)NC(=NCc1ncnn1C)NCC.I.